The minimum atomic E-state index is -0.246. The van der Waals surface area contributed by atoms with E-state index in [1.165, 1.54) is 0 Å². The summed E-state index contributed by atoms with van der Waals surface area (Å²) in [5.74, 6) is 1.08. The molecule has 144 valence electrons. The highest BCUT2D eigenvalue weighted by molar-refractivity contribution is 6.04. The molecular weight excluding hydrogens is 360 g/mol. The fourth-order valence-corrected chi connectivity index (χ4v) is 2.41. The van der Waals surface area contributed by atoms with Crippen molar-refractivity contribution in [1.29, 1.82) is 0 Å². The van der Waals surface area contributed by atoms with Crippen molar-refractivity contribution in [1.82, 2.24) is 15.5 Å². The van der Waals surface area contributed by atoms with Crippen LogP contribution in [0.1, 0.15) is 23.1 Å². The zero-order valence-electron chi connectivity index (χ0n) is 15.6. The topological polar surface area (TPSA) is 106 Å². The van der Waals surface area contributed by atoms with Gasteiger partial charge in [0.25, 0.3) is 17.7 Å². The molecule has 3 rings (SSSR count). The molecule has 0 saturated heterocycles. The van der Waals surface area contributed by atoms with Gasteiger partial charge in [-0.25, -0.2) is 0 Å². The molecule has 0 spiro atoms. The fourth-order valence-electron chi connectivity index (χ4n) is 2.41. The minimum absolute atomic E-state index is 0.0501. The van der Waals surface area contributed by atoms with Gasteiger partial charge in [0.05, 0.1) is 0 Å². The van der Waals surface area contributed by atoms with E-state index in [9.17, 15) is 9.59 Å². The first kappa shape index (κ1) is 19.1. The van der Waals surface area contributed by atoms with Crippen LogP contribution in [0.2, 0.25) is 0 Å². The number of hydrogen-bond acceptors (Lipinski definition) is 6. The Labute approximate surface area is 161 Å². The molecule has 0 radical (unpaired) electrons. The molecule has 28 heavy (non-hydrogen) atoms. The van der Waals surface area contributed by atoms with E-state index >= 15 is 0 Å². The fraction of sp³-hybridized carbons (Fsp3) is 0.200. The molecule has 0 aliphatic carbocycles. The summed E-state index contributed by atoms with van der Waals surface area (Å²) in [6, 6.07) is 13.7. The third kappa shape index (κ3) is 4.94. The van der Waals surface area contributed by atoms with Gasteiger partial charge in [-0.3, -0.25) is 9.59 Å². The second kappa shape index (κ2) is 8.81. The van der Waals surface area contributed by atoms with Gasteiger partial charge in [-0.1, -0.05) is 5.16 Å². The van der Waals surface area contributed by atoms with E-state index in [0.717, 1.165) is 5.56 Å². The van der Waals surface area contributed by atoms with Crippen molar-refractivity contribution >= 4 is 17.5 Å². The monoisotopic (exact) mass is 380 g/mol. The molecule has 8 nitrogen and oxygen atoms in total. The molecule has 0 fully saturated rings. The van der Waals surface area contributed by atoms with Crippen LogP contribution in [0.25, 0.3) is 11.5 Å². The number of rotatable bonds is 7. The van der Waals surface area contributed by atoms with Gasteiger partial charge in [0.15, 0.2) is 12.4 Å². The summed E-state index contributed by atoms with van der Waals surface area (Å²) >= 11 is 0. The predicted octanol–water partition coefficient (Wildman–Crippen LogP) is 2.81. The van der Waals surface area contributed by atoms with Crippen LogP contribution < -0.4 is 15.4 Å². The Kier molecular flexibility index (Phi) is 6.01. The highest BCUT2D eigenvalue weighted by Gasteiger charge is 2.10. The Bertz CT molecular complexity index is 949. The first-order valence-corrected chi connectivity index (χ1v) is 8.77. The van der Waals surface area contributed by atoms with Crippen molar-refractivity contribution in [3.8, 4) is 17.2 Å². The first-order valence-electron chi connectivity index (χ1n) is 8.77. The SMILES string of the molecule is CCNC(=O)COc1ccc(NC(=O)c2ccc(-c3nc(C)no3)cc2)cc1. The van der Waals surface area contributed by atoms with Gasteiger partial charge in [-0.15, -0.1) is 0 Å². The average molecular weight is 380 g/mol. The number of anilines is 1. The lowest BCUT2D eigenvalue weighted by molar-refractivity contribution is -0.122. The molecule has 0 unspecified atom stereocenters. The van der Waals surface area contributed by atoms with Crippen LogP contribution in [-0.4, -0.2) is 35.1 Å². The number of aromatic nitrogens is 2. The molecule has 2 N–H and O–H groups in total. The number of aryl methyl sites for hydroxylation is 1. The largest absolute Gasteiger partial charge is 0.484 e. The van der Waals surface area contributed by atoms with Gasteiger partial charge in [0.1, 0.15) is 5.75 Å². The Morgan fingerprint density at radius 2 is 1.79 bits per heavy atom. The van der Waals surface area contributed by atoms with E-state index in [1.54, 1.807) is 55.5 Å². The van der Waals surface area contributed by atoms with Crippen LogP contribution in [0, 0.1) is 6.92 Å². The molecule has 0 bridgehead atoms. The first-order chi connectivity index (χ1) is 13.5. The van der Waals surface area contributed by atoms with Crippen molar-refractivity contribution in [2.75, 3.05) is 18.5 Å². The van der Waals surface area contributed by atoms with Crippen LogP contribution in [0.5, 0.6) is 5.75 Å². The predicted molar refractivity (Wildman–Crippen MR) is 103 cm³/mol. The number of carbonyl (C=O) groups is 2. The maximum Gasteiger partial charge on any atom is 0.257 e. The maximum absolute atomic E-state index is 12.4. The van der Waals surface area contributed by atoms with Crippen molar-refractivity contribution in [2.24, 2.45) is 0 Å². The van der Waals surface area contributed by atoms with Crippen LogP contribution in [0.15, 0.2) is 53.1 Å². The van der Waals surface area contributed by atoms with Crippen LogP contribution in [0.4, 0.5) is 5.69 Å². The lowest BCUT2D eigenvalue weighted by Crippen LogP contribution is -2.28. The average Bonchev–Trinajstić information content (AvgIpc) is 3.14. The van der Waals surface area contributed by atoms with Crippen LogP contribution in [-0.2, 0) is 4.79 Å². The summed E-state index contributed by atoms with van der Waals surface area (Å²) in [6.07, 6.45) is 0. The molecule has 8 heteroatoms. The van der Waals surface area contributed by atoms with Gasteiger partial charge >= 0.3 is 0 Å². The molecule has 3 aromatic rings. The summed E-state index contributed by atoms with van der Waals surface area (Å²) in [5.41, 5.74) is 1.86. The van der Waals surface area contributed by atoms with Crippen molar-refractivity contribution in [2.45, 2.75) is 13.8 Å². The number of nitrogens with one attached hydrogen (secondary N) is 2. The number of ether oxygens (including phenoxy) is 1. The molecule has 0 saturated carbocycles. The second-order valence-corrected chi connectivity index (χ2v) is 5.94. The maximum atomic E-state index is 12.4. The molecular formula is C20H20N4O4. The summed E-state index contributed by atoms with van der Waals surface area (Å²) in [6.45, 7) is 4.09. The summed E-state index contributed by atoms with van der Waals surface area (Å²) < 4.78 is 10.5. The van der Waals surface area contributed by atoms with Gasteiger partial charge in [0, 0.05) is 23.4 Å². The highest BCUT2D eigenvalue weighted by Crippen LogP contribution is 2.19. The van der Waals surface area contributed by atoms with E-state index in [4.69, 9.17) is 9.26 Å². The third-order valence-electron chi connectivity index (χ3n) is 3.78. The molecule has 0 atom stereocenters. The summed E-state index contributed by atoms with van der Waals surface area (Å²) in [7, 11) is 0. The lowest BCUT2D eigenvalue weighted by atomic mass is 10.1. The number of nitrogens with zero attached hydrogens (tertiary/aromatic N) is 2. The molecule has 0 aliphatic rings. The number of carbonyl (C=O) groups excluding carboxylic acids is 2. The zero-order chi connectivity index (χ0) is 19.9. The van der Waals surface area contributed by atoms with Gasteiger partial charge in [0.2, 0.25) is 0 Å². The van der Waals surface area contributed by atoms with E-state index in [0.29, 0.717) is 35.3 Å². The van der Waals surface area contributed by atoms with Gasteiger partial charge in [-0.05, 0) is 62.4 Å². The normalized spacial score (nSPS) is 10.4. The molecule has 0 aliphatic heterocycles. The molecule has 1 heterocycles. The Morgan fingerprint density at radius 3 is 2.39 bits per heavy atom. The van der Waals surface area contributed by atoms with Crippen molar-refractivity contribution < 1.29 is 18.8 Å². The van der Waals surface area contributed by atoms with Crippen LogP contribution >= 0.6 is 0 Å². The van der Waals surface area contributed by atoms with E-state index in [-0.39, 0.29) is 18.4 Å². The molecule has 2 amide bonds. The van der Waals surface area contributed by atoms with Crippen LogP contribution in [0.3, 0.4) is 0 Å². The van der Waals surface area contributed by atoms with Crippen molar-refractivity contribution in [3.63, 3.8) is 0 Å². The standard InChI is InChI=1S/C20H20N4O4/c1-3-21-18(25)12-27-17-10-8-16(9-11-17)23-19(26)14-4-6-15(7-5-14)20-22-13(2)24-28-20/h4-11H,3,12H2,1-2H3,(H,21,25)(H,23,26). The summed E-state index contributed by atoms with van der Waals surface area (Å²) in [4.78, 5) is 27.9. The van der Waals surface area contributed by atoms with Gasteiger partial charge < -0.3 is 19.9 Å². The second-order valence-electron chi connectivity index (χ2n) is 5.94. The van der Waals surface area contributed by atoms with Gasteiger partial charge in [-0.2, -0.15) is 4.98 Å². The number of likely N-dealkylation sites (N-methyl/N-ethyl adjacent to an activating group) is 1. The summed E-state index contributed by atoms with van der Waals surface area (Å²) in [5, 5.41) is 9.21. The highest BCUT2D eigenvalue weighted by atomic mass is 16.5. The number of hydrogen-bond donors (Lipinski definition) is 2. The smallest absolute Gasteiger partial charge is 0.257 e. The number of benzene rings is 2. The zero-order valence-corrected chi connectivity index (χ0v) is 15.6. The number of amides is 2. The molecule has 1 aromatic heterocycles. The third-order valence-corrected chi connectivity index (χ3v) is 3.78. The Morgan fingerprint density at radius 1 is 1.07 bits per heavy atom. The Hall–Kier alpha value is -3.68. The quantitative estimate of drug-likeness (QED) is 0.653. The molecule has 2 aromatic carbocycles. The lowest BCUT2D eigenvalue weighted by Gasteiger charge is -2.08. The van der Waals surface area contributed by atoms with E-state index in [2.05, 4.69) is 20.8 Å². The van der Waals surface area contributed by atoms with Crippen molar-refractivity contribution in [3.05, 3.63) is 59.9 Å². The minimum Gasteiger partial charge on any atom is -0.484 e. The Balaban J connectivity index is 1.57. The van der Waals surface area contributed by atoms with E-state index in [1.807, 2.05) is 6.92 Å². The van der Waals surface area contributed by atoms with E-state index < -0.39 is 0 Å².